The molecule has 0 bridgehead atoms. The van der Waals surface area contributed by atoms with Crippen LogP contribution in [0.3, 0.4) is 0 Å². The largest absolute Gasteiger partial charge is 0.497 e. The number of thiophene rings is 1. The van der Waals surface area contributed by atoms with E-state index in [0.717, 1.165) is 42.8 Å². The Morgan fingerprint density at radius 1 is 1.26 bits per heavy atom. The number of hydrogen-bond donors (Lipinski definition) is 1. The van der Waals surface area contributed by atoms with Crippen LogP contribution < -0.4 is 10.5 Å². The number of methoxy groups -OCH3 is 1. The second kappa shape index (κ2) is 8.02. The summed E-state index contributed by atoms with van der Waals surface area (Å²) in [6.07, 6.45) is 1.87. The molecule has 0 aliphatic carbocycles. The fourth-order valence-corrected chi connectivity index (χ4v) is 3.42. The van der Waals surface area contributed by atoms with Crippen molar-refractivity contribution in [2.75, 3.05) is 25.9 Å². The van der Waals surface area contributed by atoms with E-state index in [1.165, 1.54) is 11.3 Å². The molecule has 0 radical (unpaired) electrons. The van der Waals surface area contributed by atoms with E-state index in [0.29, 0.717) is 10.6 Å². The van der Waals surface area contributed by atoms with Crippen molar-refractivity contribution in [2.45, 2.75) is 26.7 Å². The molecule has 0 saturated heterocycles. The molecule has 0 aliphatic rings. The molecule has 1 amide bonds. The van der Waals surface area contributed by atoms with Crippen LogP contribution in [0.5, 0.6) is 5.75 Å². The van der Waals surface area contributed by atoms with Gasteiger partial charge in [-0.1, -0.05) is 26.0 Å². The Balaban J connectivity index is 2.43. The third-order valence-corrected chi connectivity index (χ3v) is 4.50. The highest BCUT2D eigenvalue weighted by molar-refractivity contribution is 7.15. The second-order valence-corrected chi connectivity index (χ2v) is 6.32. The SMILES string of the molecule is CCCN(CCC)C(=O)c1c(-c2cccc(OC)c2)csc1N. The third kappa shape index (κ3) is 3.85. The standard InChI is InChI=1S/C18H24N2O2S/c1-4-9-20(10-5-2)18(21)16-15(12-23-17(16)19)13-7-6-8-14(11-13)22-3/h6-8,11-12H,4-5,9-10,19H2,1-3H3. The van der Waals surface area contributed by atoms with Gasteiger partial charge in [0.25, 0.3) is 5.91 Å². The van der Waals surface area contributed by atoms with Crippen molar-refractivity contribution in [3.63, 3.8) is 0 Å². The maximum atomic E-state index is 13.0. The molecular formula is C18H24N2O2S. The van der Waals surface area contributed by atoms with Crippen LogP contribution in [0.25, 0.3) is 11.1 Å². The Hall–Kier alpha value is -2.01. The van der Waals surface area contributed by atoms with E-state index < -0.39 is 0 Å². The van der Waals surface area contributed by atoms with Gasteiger partial charge >= 0.3 is 0 Å². The first-order valence-electron chi connectivity index (χ1n) is 7.93. The number of benzene rings is 1. The molecule has 124 valence electrons. The van der Waals surface area contributed by atoms with Gasteiger partial charge in [0.15, 0.2) is 0 Å². The minimum absolute atomic E-state index is 0.0188. The smallest absolute Gasteiger partial charge is 0.257 e. The molecule has 2 N–H and O–H groups in total. The Kier molecular flexibility index (Phi) is 6.04. The lowest BCUT2D eigenvalue weighted by Crippen LogP contribution is -2.33. The molecule has 0 saturated carbocycles. The number of nitrogen functional groups attached to an aromatic ring is 1. The summed E-state index contributed by atoms with van der Waals surface area (Å²) < 4.78 is 5.28. The normalized spacial score (nSPS) is 10.6. The summed E-state index contributed by atoms with van der Waals surface area (Å²) in [7, 11) is 1.64. The molecule has 1 heterocycles. The molecule has 23 heavy (non-hydrogen) atoms. The van der Waals surface area contributed by atoms with Crippen LogP contribution in [0.1, 0.15) is 37.0 Å². The summed E-state index contributed by atoms with van der Waals surface area (Å²) in [4.78, 5) is 14.9. The van der Waals surface area contributed by atoms with Gasteiger partial charge in [0.1, 0.15) is 5.75 Å². The van der Waals surface area contributed by atoms with Crippen molar-refractivity contribution in [3.8, 4) is 16.9 Å². The van der Waals surface area contributed by atoms with E-state index in [2.05, 4.69) is 13.8 Å². The minimum Gasteiger partial charge on any atom is -0.497 e. The van der Waals surface area contributed by atoms with Gasteiger partial charge in [-0.05, 0) is 30.5 Å². The molecule has 0 atom stereocenters. The van der Waals surface area contributed by atoms with Crippen molar-refractivity contribution >= 4 is 22.2 Å². The van der Waals surface area contributed by atoms with Crippen LogP contribution in [0, 0.1) is 0 Å². The van der Waals surface area contributed by atoms with Gasteiger partial charge in [-0.15, -0.1) is 11.3 Å². The lowest BCUT2D eigenvalue weighted by Gasteiger charge is -2.22. The maximum Gasteiger partial charge on any atom is 0.257 e. The van der Waals surface area contributed by atoms with Crippen LogP contribution in [-0.4, -0.2) is 31.0 Å². The highest BCUT2D eigenvalue weighted by Gasteiger charge is 2.23. The number of nitrogens with two attached hydrogens (primary N) is 1. The monoisotopic (exact) mass is 332 g/mol. The average Bonchev–Trinajstić information content (AvgIpc) is 2.95. The highest BCUT2D eigenvalue weighted by atomic mass is 32.1. The Labute approximate surface area is 141 Å². The molecule has 0 aliphatic heterocycles. The Bertz CT molecular complexity index is 661. The topological polar surface area (TPSA) is 55.6 Å². The average molecular weight is 332 g/mol. The van der Waals surface area contributed by atoms with E-state index in [1.807, 2.05) is 34.5 Å². The molecule has 2 rings (SSSR count). The first kappa shape index (κ1) is 17.3. The summed E-state index contributed by atoms with van der Waals surface area (Å²) in [5, 5.41) is 2.53. The summed E-state index contributed by atoms with van der Waals surface area (Å²) in [5.41, 5.74) is 8.57. The third-order valence-electron chi connectivity index (χ3n) is 3.69. The predicted octanol–water partition coefficient (Wildman–Crippen LogP) is 4.27. The van der Waals surface area contributed by atoms with Gasteiger partial charge in [-0.25, -0.2) is 0 Å². The van der Waals surface area contributed by atoms with Crippen molar-refractivity contribution in [1.82, 2.24) is 4.90 Å². The molecule has 4 nitrogen and oxygen atoms in total. The Morgan fingerprint density at radius 2 is 1.96 bits per heavy atom. The van der Waals surface area contributed by atoms with Gasteiger partial charge < -0.3 is 15.4 Å². The number of rotatable bonds is 7. The predicted molar refractivity (Wildman–Crippen MR) is 97.2 cm³/mol. The second-order valence-electron chi connectivity index (χ2n) is 5.41. The molecule has 5 heteroatoms. The van der Waals surface area contributed by atoms with E-state index >= 15 is 0 Å². The summed E-state index contributed by atoms with van der Waals surface area (Å²) in [6.45, 7) is 5.66. The zero-order chi connectivity index (χ0) is 16.8. The molecule has 0 fully saturated rings. The fraction of sp³-hybridized carbons (Fsp3) is 0.389. The van der Waals surface area contributed by atoms with E-state index in [1.54, 1.807) is 7.11 Å². The first-order valence-corrected chi connectivity index (χ1v) is 8.80. The molecule has 1 aromatic heterocycles. The van der Waals surface area contributed by atoms with E-state index in [-0.39, 0.29) is 5.91 Å². The van der Waals surface area contributed by atoms with Gasteiger partial charge in [0, 0.05) is 24.0 Å². The van der Waals surface area contributed by atoms with Gasteiger partial charge in [0.05, 0.1) is 17.7 Å². The number of ether oxygens (including phenoxy) is 1. The molecule has 0 unspecified atom stereocenters. The molecular weight excluding hydrogens is 308 g/mol. The number of anilines is 1. The number of carbonyl (C=O) groups excluding carboxylic acids is 1. The first-order chi connectivity index (χ1) is 11.1. The van der Waals surface area contributed by atoms with Crippen molar-refractivity contribution in [1.29, 1.82) is 0 Å². The zero-order valence-corrected chi connectivity index (χ0v) is 14.8. The van der Waals surface area contributed by atoms with Gasteiger partial charge in [-0.2, -0.15) is 0 Å². The Morgan fingerprint density at radius 3 is 2.57 bits per heavy atom. The number of nitrogens with zero attached hydrogens (tertiary/aromatic N) is 1. The van der Waals surface area contributed by atoms with E-state index in [9.17, 15) is 4.79 Å². The molecule has 2 aromatic rings. The van der Waals surface area contributed by atoms with Crippen LogP contribution in [-0.2, 0) is 0 Å². The maximum absolute atomic E-state index is 13.0. The quantitative estimate of drug-likeness (QED) is 0.824. The molecule has 0 spiro atoms. The summed E-state index contributed by atoms with van der Waals surface area (Å²) in [6, 6.07) is 7.72. The van der Waals surface area contributed by atoms with Crippen LogP contribution in [0.15, 0.2) is 29.6 Å². The van der Waals surface area contributed by atoms with Crippen LogP contribution in [0.4, 0.5) is 5.00 Å². The van der Waals surface area contributed by atoms with Gasteiger partial charge in [0.2, 0.25) is 0 Å². The molecule has 1 aromatic carbocycles. The van der Waals surface area contributed by atoms with Crippen molar-refractivity contribution < 1.29 is 9.53 Å². The highest BCUT2D eigenvalue weighted by Crippen LogP contribution is 2.35. The van der Waals surface area contributed by atoms with Gasteiger partial charge in [-0.3, -0.25) is 4.79 Å². The number of hydrogen-bond acceptors (Lipinski definition) is 4. The fourth-order valence-electron chi connectivity index (χ4n) is 2.61. The number of carbonyl (C=O) groups is 1. The minimum atomic E-state index is 0.0188. The number of amides is 1. The van der Waals surface area contributed by atoms with E-state index in [4.69, 9.17) is 10.5 Å². The van der Waals surface area contributed by atoms with Crippen molar-refractivity contribution in [3.05, 3.63) is 35.2 Å². The summed E-state index contributed by atoms with van der Waals surface area (Å²) >= 11 is 1.41. The lowest BCUT2D eigenvalue weighted by molar-refractivity contribution is 0.0758. The lowest BCUT2D eigenvalue weighted by atomic mass is 10.0. The van der Waals surface area contributed by atoms with Crippen LogP contribution in [0.2, 0.25) is 0 Å². The summed E-state index contributed by atoms with van der Waals surface area (Å²) in [5.74, 6) is 0.787. The zero-order valence-electron chi connectivity index (χ0n) is 14.0. The van der Waals surface area contributed by atoms with Crippen LogP contribution >= 0.6 is 11.3 Å². The van der Waals surface area contributed by atoms with Crippen molar-refractivity contribution in [2.24, 2.45) is 0 Å².